The minimum atomic E-state index is -0.0268. The van der Waals surface area contributed by atoms with Crippen LogP contribution in [0.1, 0.15) is 47.9 Å². The monoisotopic (exact) mass is 627 g/mol. The predicted octanol–water partition coefficient (Wildman–Crippen LogP) is 12.6. The van der Waals surface area contributed by atoms with Crippen LogP contribution < -0.4 is 4.90 Å². The molecule has 1 nitrogen and oxygen atoms in total. The van der Waals surface area contributed by atoms with Gasteiger partial charge in [-0.05, 0) is 106 Å². The van der Waals surface area contributed by atoms with Crippen molar-refractivity contribution in [2.24, 2.45) is 0 Å². The van der Waals surface area contributed by atoms with Crippen LogP contribution in [-0.4, -0.2) is 0 Å². The highest BCUT2D eigenvalue weighted by atomic mass is 15.1. The largest absolute Gasteiger partial charge is 0.310 e. The Morgan fingerprint density at radius 1 is 0.327 bits per heavy atom. The summed E-state index contributed by atoms with van der Waals surface area (Å²) in [6.07, 6.45) is 4.51. The number of fused-ring (bicyclic) bond motifs is 10. The van der Waals surface area contributed by atoms with Crippen molar-refractivity contribution in [1.82, 2.24) is 0 Å². The van der Waals surface area contributed by atoms with Crippen molar-refractivity contribution >= 4 is 17.1 Å². The Labute approximate surface area is 289 Å². The van der Waals surface area contributed by atoms with Gasteiger partial charge in [0.05, 0.1) is 5.69 Å². The van der Waals surface area contributed by atoms with E-state index in [4.69, 9.17) is 0 Å². The Morgan fingerprint density at radius 3 is 1.33 bits per heavy atom. The molecule has 3 aliphatic carbocycles. The fraction of sp³-hybridized carbons (Fsp3) is 0.125. The Morgan fingerprint density at radius 2 is 0.755 bits per heavy atom. The first kappa shape index (κ1) is 28.4. The van der Waals surface area contributed by atoms with Gasteiger partial charge in [0, 0.05) is 27.8 Å². The molecule has 0 atom stereocenters. The molecule has 0 aromatic heterocycles. The number of hydrogen-bond acceptors (Lipinski definition) is 1. The summed E-state index contributed by atoms with van der Waals surface area (Å²) in [5.74, 6) is 0. The van der Waals surface area contributed by atoms with Gasteiger partial charge in [-0.2, -0.15) is 0 Å². The van der Waals surface area contributed by atoms with Gasteiger partial charge in [0.25, 0.3) is 0 Å². The SMILES string of the molecule is c1ccc(-c2ccccc2N(c2ccccc2)c2ccc3c(c2)C2(CCC4(CC2)c2ccccc2-c2ccccc24)c2ccccc2-3)cc1. The predicted molar refractivity (Wildman–Crippen MR) is 204 cm³/mol. The quantitative estimate of drug-likeness (QED) is 0.188. The van der Waals surface area contributed by atoms with Crippen LogP contribution in [0, 0.1) is 0 Å². The third kappa shape index (κ3) is 4.12. The van der Waals surface area contributed by atoms with Crippen molar-refractivity contribution < 1.29 is 0 Å². The van der Waals surface area contributed by atoms with Crippen LogP contribution in [0.4, 0.5) is 17.1 Å². The minimum Gasteiger partial charge on any atom is -0.310 e. The fourth-order valence-corrected chi connectivity index (χ4v) is 9.71. The highest BCUT2D eigenvalue weighted by Gasteiger charge is 2.53. The van der Waals surface area contributed by atoms with Crippen LogP contribution >= 0.6 is 0 Å². The summed E-state index contributed by atoms with van der Waals surface area (Å²) >= 11 is 0. The molecule has 1 saturated carbocycles. The molecule has 1 heteroatoms. The van der Waals surface area contributed by atoms with Crippen LogP contribution in [0.2, 0.25) is 0 Å². The molecule has 0 aliphatic heterocycles. The van der Waals surface area contributed by atoms with E-state index in [1.54, 1.807) is 0 Å². The lowest BCUT2D eigenvalue weighted by molar-refractivity contribution is 0.265. The van der Waals surface area contributed by atoms with Crippen molar-refractivity contribution in [2.45, 2.75) is 36.5 Å². The fourth-order valence-electron chi connectivity index (χ4n) is 9.71. The summed E-state index contributed by atoms with van der Waals surface area (Å²) in [6.45, 7) is 0. The van der Waals surface area contributed by atoms with Crippen molar-refractivity contribution in [3.63, 3.8) is 0 Å². The lowest BCUT2D eigenvalue weighted by Crippen LogP contribution is -2.39. The average Bonchev–Trinajstić information content (AvgIpc) is 3.60. The van der Waals surface area contributed by atoms with E-state index in [1.165, 1.54) is 67.0 Å². The number of anilines is 3. The lowest BCUT2D eigenvalue weighted by atomic mass is 9.57. The van der Waals surface area contributed by atoms with Crippen molar-refractivity contribution in [1.29, 1.82) is 0 Å². The van der Waals surface area contributed by atoms with Crippen molar-refractivity contribution in [3.05, 3.63) is 198 Å². The Kier molecular flexibility index (Phi) is 6.33. The Hall–Kier alpha value is -5.66. The molecule has 0 heterocycles. The number of benzene rings is 7. The second kappa shape index (κ2) is 10.9. The molecule has 0 N–H and O–H groups in total. The van der Waals surface area contributed by atoms with Gasteiger partial charge in [0.1, 0.15) is 0 Å². The second-order valence-electron chi connectivity index (χ2n) is 14.1. The summed E-state index contributed by atoms with van der Waals surface area (Å²) in [6, 6.07) is 65.4. The first-order chi connectivity index (χ1) is 24.3. The highest BCUT2D eigenvalue weighted by molar-refractivity contribution is 5.91. The number of hydrogen-bond donors (Lipinski definition) is 0. The second-order valence-corrected chi connectivity index (χ2v) is 14.1. The van der Waals surface area contributed by atoms with Crippen LogP contribution in [0.25, 0.3) is 33.4 Å². The lowest BCUT2D eigenvalue weighted by Gasteiger charge is -2.45. The zero-order chi connectivity index (χ0) is 32.4. The Balaban J connectivity index is 1.13. The van der Waals surface area contributed by atoms with Gasteiger partial charge < -0.3 is 4.90 Å². The first-order valence-electron chi connectivity index (χ1n) is 17.7. The summed E-state index contributed by atoms with van der Waals surface area (Å²) in [4.78, 5) is 2.47. The molecular formula is C48H37N. The van der Waals surface area contributed by atoms with E-state index in [2.05, 4.69) is 181 Å². The minimum absolute atomic E-state index is 0.0268. The number of nitrogens with zero attached hydrogens (tertiary/aromatic N) is 1. The molecule has 2 spiro atoms. The van der Waals surface area contributed by atoms with E-state index in [9.17, 15) is 0 Å². The maximum absolute atomic E-state index is 2.54. The van der Waals surface area contributed by atoms with Gasteiger partial charge in [0.15, 0.2) is 0 Å². The standard InChI is InChI=1S/C48H37N/c1-3-15-34(16-4-1)37-19-10-14-26-46(37)49(35-17-5-2-6-18-35)36-27-28-41-40-22-9-13-25-44(40)48(45(41)33-36)31-29-47(30-32-48)42-23-11-7-20-38(42)39-21-8-12-24-43(39)47/h1-28,33H,29-32H2. The molecule has 49 heavy (non-hydrogen) atoms. The van der Waals surface area contributed by atoms with E-state index in [-0.39, 0.29) is 10.8 Å². The van der Waals surface area contributed by atoms with Crippen LogP contribution in [0.5, 0.6) is 0 Å². The maximum atomic E-state index is 2.54. The molecule has 234 valence electrons. The molecule has 0 amide bonds. The third-order valence-electron chi connectivity index (χ3n) is 11.9. The summed E-state index contributed by atoms with van der Waals surface area (Å²) in [5.41, 5.74) is 17.8. The molecule has 10 rings (SSSR count). The van der Waals surface area contributed by atoms with Crippen molar-refractivity contribution in [3.8, 4) is 33.4 Å². The van der Waals surface area contributed by atoms with Crippen LogP contribution in [-0.2, 0) is 10.8 Å². The van der Waals surface area contributed by atoms with Crippen LogP contribution in [0.15, 0.2) is 176 Å². The smallest absolute Gasteiger partial charge is 0.0540 e. The van der Waals surface area contributed by atoms with E-state index < -0.39 is 0 Å². The Bertz CT molecular complexity index is 2300. The molecular weight excluding hydrogens is 591 g/mol. The summed E-state index contributed by atoms with van der Waals surface area (Å²) in [5, 5.41) is 0. The molecule has 3 aliphatic rings. The zero-order valence-electron chi connectivity index (χ0n) is 27.5. The van der Waals surface area contributed by atoms with E-state index >= 15 is 0 Å². The highest BCUT2D eigenvalue weighted by Crippen LogP contribution is 2.64. The van der Waals surface area contributed by atoms with Gasteiger partial charge in [0.2, 0.25) is 0 Å². The molecule has 7 aromatic rings. The topological polar surface area (TPSA) is 3.24 Å². The first-order valence-corrected chi connectivity index (χ1v) is 17.7. The molecule has 0 saturated heterocycles. The molecule has 0 bridgehead atoms. The maximum Gasteiger partial charge on any atom is 0.0540 e. The van der Waals surface area contributed by atoms with Crippen molar-refractivity contribution in [2.75, 3.05) is 4.90 Å². The summed E-state index contributed by atoms with van der Waals surface area (Å²) in [7, 11) is 0. The van der Waals surface area contributed by atoms with E-state index in [0.717, 1.165) is 31.4 Å². The van der Waals surface area contributed by atoms with E-state index in [1.807, 2.05) is 0 Å². The molecule has 0 unspecified atom stereocenters. The van der Waals surface area contributed by atoms with Gasteiger partial charge >= 0.3 is 0 Å². The number of rotatable bonds is 4. The van der Waals surface area contributed by atoms with Gasteiger partial charge in [-0.3, -0.25) is 0 Å². The van der Waals surface area contributed by atoms with Crippen LogP contribution in [0.3, 0.4) is 0 Å². The molecule has 1 fully saturated rings. The number of para-hydroxylation sites is 2. The summed E-state index contributed by atoms with van der Waals surface area (Å²) < 4.78 is 0. The van der Waals surface area contributed by atoms with Gasteiger partial charge in [-0.15, -0.1) is 0 Å². The van der Waals surface area contributed by atoms with Gasteiger partial charge in [-0.1, -0.05) is 146 Å². The van der Waals surface area contributed by atoms with E-state index in [0.29, 0.717) is 0 Å². The normalized spacial score (nSPS) is 15.8. The van der Waals surface area contributed by atoms with Gasteiger partial charge in [-0.25, -0.2) is 0 Å². The average molecular weight is 628 g/mol. The molecule has 0 radical (unpaired) electrons. The zero-order valence-corrected chi connectivity index (χ0v) is 27.5. The third-order valence-corrected chi connectivity index (χ3v) is 11.9. The molecule has 7 aromatic carbocycles.